The summed E-state index contributed by atoms with van der Waals surface area (Å²) in [6.07, 6.45) is 1.40. The molecule has 0 spiro atoms. The molecule has 2 aliphatic rings. The highest BCUT2D eigenvalue weighted by atomic mass is 16.4. The van der Waals surface area contributed by atoms with Gasteiger partial charge in [-0.1, -0.05) is 50.2 Å². The molecule has 148 valence electrons. The van der Waals surface area contributed by atoms with Crippen LogP contribution in [0.15, 0.2) is 48.5 Å². The summed E-state index contributed by atoms with van der Waals surface area (Å²) >= 11 is 0. The van der Waals surface area contributed by atoms with Gasteiger partial charge in [0.25, 0.3) is 0 Å². The van der Waals surface area contributed by atoms with Crippen LogP contribution in [0.3, 0.4) is 0 Å². The zero-order chi connectivity index (χ0) is 20.3. The first-order valence-electron chi connectivity index (χ1n) is 10.0. The maximum Gasteiger partial charge on any atom is 0.166 e. The third-order valence-electron chi connectivity index (χ3n) is 7.48. The van der Waals surface area contributed by atoms with Crippen molar-refractivity contribution in [2.75, 3.05) is 0 Å². The van der Waals surface area contributed by atoms with Crippen LogP contribution in [-0.4, -0.2) is 26.7 Å². The predicted molar refractivity (Wildman–Crippen MR) is 107 cm³/mol. The minimum absolute atomic E-state index is 0.00284. The molecule has 0 amide bonds. The summed E-state index contributed by atoms with van der Waals surface area (Å²) in [5.41, 5.74) is -1.11. The van der Waals surface area contributed by atoms with Crippen molar-refractivity contribution in [2.45, 2.75) is 56.7 Å². The number of phenols is 1. The Morgan fingerprint density at radius 3 is 2.43 bits per heavy atom. The quantitative estimate of drug-likeness (QED) is 0.738. The molecule has 5 atom stereocenters. The van der Waals surface area contributed by atoms with Crippen LogP contribution in [0.25, 0.3) is 0 Å². The van der Waals surface area contributed by atoms with Gasteiger partial charge in [-0.25, -0.2) is 0 Å². The van der Waals surface area contributed by atoms with Crippen molar-refractivity contribution < 1.29 is 20.1 Å². The van der Waals surface area contributed by atoms with E-state index in [1.54, 1.807) is 19.1 Å². The van der Waals surface area contributed by atoms with Crippen LogP contribution in [-0.2, 0) is 11.0 Å². The smallest absolute Gasteiger partial charge is 0.166 e. The second-order valence-corrected chi connectivity index (χ2v) is 8.88. The van der Waals surface area contributed by atoms with Crippen LogP contribution in [0.4, 0.5) is 0 Å². The van der Waals surface area contributed by atoms with Crippen molar-refractivity contribution in [3.05, 3.63) is 65.2 Å². The number of hydrogen-bond acceptors (Lipinski definition) is 4. The molecule has 2 aromatic rings. The molecule has 0 radical (unpaired) electrons. The van der Waals surface area contributed by atoms with Crippen LogP contribution in [0.1, 0.15) is 61.5 Å². The molecule has 4 rings (SSSR count). The van der Waals surface area contributed by atoms with Crippen molar-refractivity contribution in [1.82, 2.24) is 0 Å². The maximum atomic E-state index is 13.1. The summed E-state index contributed by atoms with van der Waals surface area (Å²) < 4.78 is 0. The van der Waals surface area contributed by atoms with Gasteiger partial charge in [0.05, 0.1) is 5.60 Å². The molecule has 0 saturated heterocycles. The van der Waals surface area contributed by atoms with Gasteiger partial charge in [-0.3, -0.25) is 4.79 Å². The molecule has 1 fully saturated rings. The van der Waals surface area contributed by atoms with E-state index in [1.807, 2.05) is 43.3 Å². The highest BCUT2D eigenvalue weighted by molar-refractivity contribution is 6.01. The van der Waals surface area contributed by atoms with Crippen molar-refractivity contribution >= 4 is 5.78 Å². The Labute approximate surface area is 165 Å². The first kappa shape index (κ1) is 19.2. The number of hydrogen-bond donors (Lipinski definition) is 3. The summed E-state index contributed by atoms with van der Waals surface area (Å²) in [5.74, 6) is -0.336. The summed E-state index contributed by atoms with van der Waals surface area (Å²) in [6, 6.07) is 14.3. The molecule has 0 aliphatic heterocycles. The lowest BCUT2D eigenvalue weighted by molar-refractivity contribution is -0.207. The number of rotatable bonds is 2. The van der Waals surface area contributed by atoms with E-state index in [0.717, 1.165) is 12.0 Å². The van der Waals surface area contributed by atoms with E-state index in [0.29, 0.717) is 24.0 Å². The Morgan fingerprint density at radius 2 is 1.79 bits per heavy atom. The minimum Gasteiger partial charge on any atom is -0.508 e. The Bertz CT molecular complexity index is 919. The predicted octanol–water partition coefficient (Wildman–Crippen LogP) is 3.92. The van der Waals surface area contributed by atoms with Crippen molar-refractivity contribution in [2.24, 2.45) is 11.8 Å². The van der Waals surface area contributed by atoms with Gasteiger partial charge in [0.1, 0.15) is 11.4 Å². The van der Waals surface area contributed by atoms with Gasteiger partial charge in [0.2, 0.25) is 0 Å². The monoisotopic (exact) mass is 380 g/mol. The third kappa shape index (κ3) is 2.41. The fourth-order valence-electron chi connectivity index (χ4n) is 5.89. The molecule has 0 aromatic heterocycles. The SMILES string of the molecule is CCC12CC(C)(O)C(O)(c3ccccc3)C[C@H]1C(C)C(=O)c1cc(O)ccc12. The molecule has 3 N–H and O–H groups in total. The Morgan fingerprint density at radius 1 is 1.11 bits per heavy atom. The number of fused-ring (bicyclic) bond motifs is 3. The zero-order valence-electron chi connectivity index (χ0n) is 16.6. The number of Topliss-reactive ketones (excluding diaryl/α,β-unsaturated/α-hetero) is 1. The van der Waals surface area contributed by atoms with Crippen LogP contribution in [0.2, 0.25) is 0 Å². The lowest BCUT2D eigenvalue weighted by Crippen LogP contribution is -2.64. The van der Waals surface area contributed by atoms with Gasteiger partial charge < -0.3 is 15.3 Å². The molecular weight excluding hydrogens is 352 g/mol. The highest BCUT2D eigenvalue weighted by Gasteiger charge is 2.63. The minimum atomic E-state index is -1.43. The first-order chi connectivity index (χ1) is 13.2. The largest absolute Gasteiger partial charge is 0.508 e. The van der Waals surface area contributed by atoms with E-state index in [1.165, 1.54) is 0 Å². The zero-order valence-corrected chi connectivity index (χ0v) is 16.6. The molecule has 28 heavy (non-hydrogen) atoms. The topological polar surface area (TPSA) is 77.8 Å². The fraction of sp³-hybridized carbons (Fsp3) is 0.458. The number of benzene rings is 2. The number of ketones is 1. The number of phenolic OH excluding ortho intramolecular Hbond substituents is 1. The van der Waals surface area contributed by atoms with Crippen LogP contribution < -0.4 is 0 Å². The van der Waals surface area contributed by atoms with Crippen LogP contribution in [0, 0.1) is 11.8 Å². The highest BCUT2D eigenvalue weighted by Crippen LogP contribution is 2.61. The molecule has 2 aliphatic carbocycles. The molecule has 2 aromatic carbocycles. The number of carbonyl (C=O) groups excluding carboxylic acids is 1. The van der Waals surface area contributed by atoms with Crippen molar-refractivity contribution in [3.63, 3.8) is 0 Å². The lowest BCUT2D eigenvalue weighted by Gasteiger charge is -2.60. The van der Waals surface area contributed by atoms with Gasteiger partial charge >= 0.3 is 0 Å². The van der Waals surface area contributed by atoms with E-state index in [9.17, 15) is 20.1 Å². The average Bonchev–Trinajstić information content (AvgIpc) is 2.68. The lowest BCUT2D eigenvalue weighted by atomic mass is 9.46. The van der Waals surface area contributed by atoms with Gasteiger partial charge in [-0.05, 0) is 55.4 Å². The second kappa shape index (κ2) is 6.16. The van der Waals surface area contributed by atoms with Gasteiger partial charge in [0.15, 0.2) is 5.78 Å². The Balaban J connectivity index is 1.92. The Kier molecular flexibility index (Phi) is 4.22. The van der Waals surface area contributed by atoms with E-state index in [4.69, 9.17) is 0 Å². The standard InChI is InChI=1S/C24H28O4/c1-4-23-14-22(3,27)24(28,16-8-6-5-7-9-16)13-20(23)15(2)21(26)18-12-17(25)10-11-19(18)23/h5-12,15,20,25,27-28H,4,13-14H2,1-3H3/t15?,20-,22?,23?,24?/m0/s1. The fourth-order valence-corrected chi connectivity index (χ4v) is 5.89. The van der Waals surface area contributed by atoms with Crippen molar-refractivity contribution in [3.8, 4) is 5.75 Å². The van der Waals surface area contributed by atoms with Gasteiger partial charge in [-0.2, -0.15) is 0 Å². The molecule has 1 saturated carbocycles. The van der Waals surface area contributed by atoms with Crippen LogP contribution >= 0.6 is 0 Å². The molecule has 0 heterocycles. The Hall–Kier alpha value is -2.17. The number of carbonyl (C=O) groups is 1. The van der Waals surface area contributed by atoms with E-state index < -0.39 is 16.6 Å². The van der Waals surface area contributed by atoms with Crippen LogP contribution in [0.5, 0.6) is 5.75 Å². The average molecular weight is 380 g/mol. The van der Waals surface area contributed by atoms with Gasteiger partial charge in [0, 0.05) is 16.9 Å². The molecular formula is C24H28O4. The summed E-state index contributed by atoms with van der Waals surface area (Å²) in [7, 11) is 0. The maximum absolute atomic E-state index is 13.1. The van der Waals surface area contributed by atoms with Crippen molar-refractivity contribution in [1.29, 1.82) is 0 Å². The number of aliphatic hydroxyl groups is 2. The van der Waals surface area contributed by atoms with Gasteiger partial charge in [-0.15, -0.1) is 0 Å². The first-order valence-corrected chi connectivity index (χ1v) is 10.0. The van der Waals surface area contributed by atoms with E-state index in [-0.39, 0.29) is 23.4 Å². The molecule has 4 heteroatoms. The second-order valence-electron chi connectivity index (χ2n) is 8.88. The molecule has 0 bridgehead atoms. The summed E-state index contributed by atoms with van der Waals surface area (Å²) in [6.45, 7) is 5.69. The normalized spacial score (nSPS) is 37.2. The van der Waals surface area contributed by atoms with E-state index >= 15 is 0 Å². The summed E-state index contributed by atoms with van der Waals surface area (Å²) in [5, 5.41) is 33.2. The van der Waals surface area contributed by atoms with E-state index in [2.05, 4.69) is 6.92 Å². The summed E-state index contributed by atoms with van der Waals surface area (Å²) in [4.78, 5) is 13.1. The number of aromatic hydroxyl groups is 1. The molecule has 4 nitrogen and oxygen atoms in total. The third-order valence-corrected chi connectivity index (χ3v) is 7.48. The molecule has 4 unspecified atom stereocenters.